The summed E-state index contributed by atoms with van der Waals surface area (Å²) in [5, 5.41) is 3.51. The molecule has 5 nitrogen and oxygen atoms in total. The second-order valence-electron chi connectivity index (χ2n) is 6.20. The lowest BCUT2D eigenvalue weighted by Crippen LogP contribution is -3.06. The third kappa shape index (κ3) is 4.93. The minimum absolute atomic E-state index is 0.116. The van der Waals surface area contributed by atoms with Gasteiger partial charge in [0, 0.05) is 4.88 Å². The molecule has 0 aliphatic heterocycles. The molecule has 1 aromatic rings. The van der Waals surface area contributed by atoms with Crippen LogP contribution in [-0.4, -0.2) is 38.2 Å². The average Bonchev–Trinajstić information content (AvgIpc) is 2.87. The normalized spacial score (nSPS) is 17.0. The van der Waals surface area contributed by atoms with E-state index in [1.807, 2.05) is 6.07 Å². The molecule has 0 radical (unpaired) electrons. The van der Waals surface area contributed by atoms with Crippen molar-refractivity contribution in [1.29, 1.82) is 0 Å². The van der Waals surface area contributed by atoms with Crippen LogP contribution in [0.3, 0.4) is 0 Å². The zero-order valence-electron chi connectivity index (χ0n) is 13.4. The molecule has 1 amide bonds. The number of hydrogen-bond donors (Lipinski definition) is 4. The first-order valence-corrected chi connectivity index (χ1v) is 8.93. The van der Waals surface area contributed by atoms with Crippen molar-refractivity contribution in [2.24, 2.45) is 5.92 Å². The molecule has 7 heteroatoms. The monoisotopic (exact) mass is 341 g/mol. The Hall–Kier alpha value is -1.18. The van der Waals surface area contributed by atoms with Crippen LogP contribution >= 0.6 is 23.6 Å². The Labute approximate surface area is 141 Å². The maximum Gasteiger partial charge on any atom is 0.279 e. The number of quaternary nitrogens is 1. The second kappa shape index (κ2) is 7.89. The summed E-state index contributed by atoms with van der Waals surface area (Å²) in [7, 11) is 4.17. The predicted molar refractivity (Wildman–Crippen MR) is 94.4 cm³/mol. The Morgan fingerprint density at radius 2 is 2.23 bits per heavy atom. The number of carbonyl (C=O) groups is 1. The van der Waals surface area contributed by atoms with E-state index in [0.29, 0.717) is 11.0 Å². The van der Waals surface area contributed by atoms with Crippen molar-refractivity contribution in [3.8, 4) is 0 Å². The highest BCUT2D eigenvalue weighted by Crippen LogP contribution is 2.31. The smallest absolute Gasteiger partial charge is 0.279 e. The maximum atomic E-state index is 12.2. The first-order chi connectivity index (χ1) is 10.5. The van der Waals surface area contributed by atoms with E-state index in [-0.39, 0.29) is 5.91 Å². The molecule has 0 spiro atoms. The number of aryl methyl sites for hydroxylation is 1. The highest BCUT2D eigenvalue weighted by Gasteiger charge is 2.20. The number of fused-ring (bicyclic) bond motifs is 1. The molecule has 1 aromatic heterocycles. The topological polar surface area (TPSA) is 57.6 Å². The largest absolute Gasteiger partial charge is 0.356 e. The zero-order valence-corrected chi connectivity index (χ0v) is 15.0. The summed E-state index contributed by atoms with van der Waals surface area (Å²) in [6, 6.07) is 2.03. The zero-order chi connectivity index (χ0) is 16.1. The van der Waals surface area contributed by atoms with Gasteiger partial charge in [0.2, 0.25) is 0 Å². The molecule has 1 aliphatic carbocycles. The molecule has 4 N–H and O–H groups in total. The van der Waals surface area contributed by atoms with E-state index in [1.165, 1.54) is 21.8 Å². The summed E-state index contributed by atoms with van der Waals surface area (Å²) in [5.41, 5.74) is 6.77. The number of carbonyl (C=O) groups excluding carboxylic acids is 1. The molecule has 0 saturated carbocycles. The molecule has 22 heavy (non-hydrogen) atoms. The summed E-state index contributed by atoms with van der Waals surface area (Å²) in [4.78, 5) is 15.6. The van der Waals surface area contributed by atoms with Crippen LogP contribution in [0.4, 0.5) is 0 Å². The molecule has 0 fully saturated rings. The van der Waals surface area contributed by atoms with Gasteiger partial charge in [0.05, 0.1) is 32.1 Å². The van der Waals surface area contributed by atoms with E-state index in [0.717, 1.165) is 30.8 Å². The Morgan fingerprint density at radius 1 is 1.45 bits per heavy atom. The van der Waals surface area contributed by atoms with Crippen molar-refractivity contribution in [3.63, 3.8) is 0 Å². The van der Waals surface area contributed by atoms with Crippen LogP contribution in [0, 0.1) is 5.92 Å². The molecule has 0 aromatic carbocycles. The number of nitrogens with one attached hydrogen (secondary N) is 4. The van der Waals surface area contributed by atoms with Crippen LogP contribution in [0.25, 0.3) is 0 Å². The van der Waals surface area contributed by atoms with Gasteiger partial charge < -0.3 is 10.2 Å². The Kier molecular flexibility index (Phi) is 6.16. The van der Waals surface area contributed by atoms with E-state index in [2.05, 4.69) is 37.2 Å². The number of thiophene rings is 1. The predicted octanol–water partition coefficient (Wildman–Crippen LogP) is 0.126. The van der Waals surface area contributed by atoms with Gasteiger partial charge in [-0.25, -0.2) is 0 Å². The van der Waals surface area contributed by atoms with Crippen molar-refractivity contribution in [2.75, 3.05) is 27.2 Å². The number of likely N-dealkylation sites (N-methyl/N-ethyl adjacent to an activating group) is 1. The first kappa shape index (κ1) is 17.2. The van der Waals surface area contributed by atoms with Crippen molar-refractivity contribution < 1.29 is 9.69 Å². The second-order valence-corrected chi connectivity index (χ2v) is 7.74. The Bertz CT molecular complexity index is 542. The van der Waals surface area contributed by atoms with Crippen LogP contribution in [-0.2, 0) is 12.8 Å². The number of hydrazine groups is 1. The fraction of sp³-hybridized carbons (Fsp3) is 0.600. The molecule has 122 valence electrons. The third-order valence-electron chi connectivity index (χ3n) is 3.75. The molecule has 1 heterocycles. The molecular weight excluding hydrogens is 316 g/mol. The minimum Gasteiger partial charge on any atom is -0.356 e. The molecule has 0 unspecified atom stereocenters. The lowest BCUT2D eigenvalue weighted by molar-refractivity contribution is -0.856. The lowest BCUT2D eigenvalue weighted by Gasteiger charge is -2.16. The molecule has 0 saturated heterocycles. The van der Waals surface area contributed by atoms with Gasteiger partial charge in [-0.15, -0.1) is 11.3 Å². The SMILES string of the molecule is C[C@@H]1CCc2sc(C(=O)NNC(=S)NCC[NH+](C)C)cc2C1. The van der Waals surface area contributed by atoms with Crippen LogP contribution in [0.2, 0.25) is 0 Å². The number of rotatable bonds is 4. The number of thiocarbonyl (C=S) groups is 1. The Balaban J connectivity index is 1.79. The Morgan fingerprint density at radius 3 is 2.95 bits per heavy atom. The standard InChI is InChI=1S/C15H24N4OS2/c1-10-4-5-12-11(8-10)9-13(22-12)14(20)17-18-15(21)16-6-7-19(2)3/h9-10H,4-8H2,1-3H3,(H,17,20)(H2,16,18,21)/p+1/t10-/m1/s1. The van der Waals surface area contributed by atoms with Gasteiger partial charge >= 0.3 is 0 Å². The van der Waals surface area contributed by atoms with Crippen LogP contribution in [0.1, 0.15) is 33.5 Å². The van der Waals surface area contributed by atoms with Crippen molar-refractivity contribution in [2.45, 2.75) is 26.2 Å². The maximum absolute atomic E-state index is 12.2. The summed E-state index contributed by atoms with van der Waals surface area (Å²) in [5.74, 6) is 0.598. The number of hydrogen-bond acceptors (Lipinski definition) is 3. The quantitative estimate of drug-likeness (QED) is 0.464. The number of amides is 1. The summed E-state index contributed by atoms with van der Waals surface area (Å²) < 4.78 is 0. The van der Waals surface area contributed by atoms with Crippen molar-refractivity contribution >= 4 is 34.6 Å². The van der Waals surface area contributed by atoms with Crippen LogP contribution in [0.15, 0.2) is 6.07 Å². The molecule has 0 bridgehead atoms. The van der Waals surface area contributed by atoms with Gasteiger partial charge in [0.1, 0.15) is 0 Å². The molecular formula is C15H25N4OS2+. The van der Waals surface area contributed by atoms with Crippen molar-refractivity contribution in [3.05, 3.63) is 21.4 Å². The van der Waals surface area contributed by atoms with E-state index in [4.69, 9.17) is 12.2 Å². The van der Waals surface area contributed by atoms with Gasteiger partial charge in [-0.1, -0.05) is 6.92 Å². The summed E-state index contributed by atoms with van der Waals surface area (Å²) in [6.07, 6.45) is 3.39. The van der Waals surface area contributed by atoms with E-state index < -0.39 is 0 Å². The highest BCUT2D eigenvalue weighted by atomic mass is 32.1. The molecule has 1 atom stereocenters. The minimum atomic E-state index is -0.116. The lowest BCUT2D eigenvalue weighted by atomic mass is 9.90. The van der Waals surface area contributed by atoms with Crippen molar-refractivity contribution in [1.82, 2.24) is 16.2 Å². The van der Waals surface area contributed by atoms with E-state index in [9.17, 15) is 4.79 Å². The van der Waals surface area contributed by atoms with E-state index in [1.54, 1.807) is 11.3 Å². The van der Waals surface area contributed by atoms with E-state index >= 15 is 0 Å². The van der Waals surface area contributed by atoms with Gasteiger partial charge in [0.15, 0.2) is 5.11 Å². The fourth-order valence-corrected chi connectivity index (χ4v) is 3.72. The van der Waals surface area contributed by atoms with Gasteiger partial charge in [-0.3, -0.25) is 15.6 Å². The van der Waals surface area contributed by atoms with Gasteiger partial charge in [0.25, 0.3) is 5.91 Å². The van der Waals surface area contributed by atoms with Gasteiger partial charge in [-0.2, -0.15) is 0 Å². The average molecular weight is 342 g/mol. The fourth-order valence-electron chi connectivity index (χ4n) is 2.46. The van der Waals surface area contributed by atoms with Crippen LogP contribution in [0.5, 0.6) is 0 Å². The first-order valence-electron chi connectivity index (χ1n) is 7.70. The summed E-state index contributed by atoms with van der Waals surface area (Å²) in [6.45, 7) is 4.00. The highest BCUT2D eigenvalue weighted by molar-refractivity contribution is 7.80. The van der Waals surface area contributed by atoms with Gasteiger partial charge in [-0.05, 0) is 49.0 Å². The third-order valence-corrected chi connectivity index (χ3v) is 5.24. The molecule has 1 aliphatic rings. The summed E-state index contributed by atoms with van der Waals surface area (Å²) >= 11 is 6.73. The van der Waals surface area contributed by atoms with Crippen LogP contribution < -0.4 is 21.1 Å². The molecule has 2 rings (SSSR count).